The number of aromatic nitrogens is 2. The van der Waals surface area contributed by atoms with Gasteiger partial charge in [-0.25, -0.2) is 13.8 Å². The predicted molar refractivity (Wildman–Crippen MR) is 118 cm³/mol. The van der Waals surface area contributed by atoms with Crippen LogP contribution < -0.4 is 10.9 Å². The van der Waals surface area contributed by atoms with Gasteiger partial charge in [-0.2, -0.15) is 0 Å². The van der Waals surface area contributed by atoms with Crippen molar-refractivity contribution in [2.24, 2.45) is 7.05 Å². The average molecular weight is 464 g/mol. The van der Waals surface area contributed by atoms with Gasteiger partial charge in [0.25, 0.3) is 5.56 Å². The number of nitrogens with zero attached hydrogens (tertiary/aromatic N) is 2. The first-order valence-electron chi connectivity index (χ1n) is 8.80. The number of thioether (sulfide) groups is 1. The third kappa shape index (κ3) is 3.90. The van der Waals surface area contributed by atoms with Crippen LogP contribution in [-0.2, 0) is 11.8 Å². The number of benzene rings is 1. The first-order valence-corrected chi connectivity index (χ1v) is 11.4. The van der Waals surface area contributed by atoms with Crippen LogP contribution in [-0.4, -0.2) is 20.7 Å². The number of thiophene rings is 2. The van der Waals surface area contributed by atoms with Crippen LogP contribution in [0.1, 0.15) is 6.92 Å². The van der Waals surface area contributed by atoms with E-state index in [9.17, 15) is 18.4 Å². The number of carbonyl (C=O) groups excluding carboxylic acids is 1. The first-order chi connectivity index (χ1) is 14.3. The smallest absolute Gasteiger partial charge is 0.263 e. The van der Waals surface area contributed by atoms with Gasteiger partial charge in [0.15, 0.2) is 16.8 Å². The van der Waals surface area contributed by atoms with Gasteiger partial charge in [-0.15, -0.1) is 22.7 Å². The number of hydrogen-bond donors (Lipinski definition) is 1. The molecule has 0 saturated carbocycles. The Bertz CT molecular complexity index is 1300. The second-order valence-electron chi connectivity index (χ2n) is 6.44. The summed E-state index contributed by atoms with van der Waals surface area (Å²) in [6.45, 7) is 1.65. The van der Waals surface area contributed by atoms with Crippen LogP contribution in [0, 0.1) is 11.6 Å². The van der Waals surface area contributed by atoms with Gasteiger partial charge in [0, 0.05) is 34.6 Å². The molecule has 4 aromatic rings. The third-order valence-corrected chi connectivity index (χ3v) is 7.32. The molecule has 0 bridgehead atoms. The number of carbonyl (C=O) groups is 1. The van der Waals surface area contributed by atoms with Crippen LogP contribution >= 0.6 is 34.4 Å². The van der Waals surface area contributed by atoms with Crippen molar-refractivity contribution in [2.75, 3.05) is 5.32 Å². The molecule has 4 rings (SSSR count). The number of amides is 1. The summed E-state index contributed by atoms with van der Waals surface area (Å²) in [6, 6.07) is 7.04. The van der Waals surface area contributed by atoms with Gasteiger partial charge in [0.1, 0.15) is 4.83 Å². The molecule has 30 heavy (non-hydrogen) atoms. The van der Waals surface area contributed by atoms with Crippen LogP contribution in [0.15, 0.2) is 51.0 Å². The summed E-state index contributed by atoms with van der Waals surface area (Å²) in [5.41, 5.74) is 0.835. The van der Waals surface area contributed by atoms with Crippen LogP contribution in [0.3, 0.4) is 0 Å². The zero-order valence-electron chi connectivity index (χ0n) is 15.8. The van der Waals surface area contributed by atoms with Gasteiger partial charge in [0.05, 0.1) is 10.6 Å². The van der Waals surface area contributed by atoms with Crippen molar-refractivity contribution in [3.05, 3.63) is 63.1 Å². The lowest BCUT2D eigenvalue weighted by Gasteiger charge is -2.14. The monoisotopic (exact) mass is 463 g/mol. The standard InChI is InChI=1S/C20H15F2N3O2S3/c1-10(17(26)23-11-5-6-13(21)14(22)8-11)30-20-24-18-16(19(27)25(20)2)12(9-29-18)15-4-3-7-28-15/h3-10H,1-2H3,(H,23,26). The number of fused-ring (bicyclic) bond motifs is 1. The summed E-state index contributed by atoms with van der Waals surface area (Å²) in [6.07, 6.45) is 0. The summed E-state index contributed by atoms with van der Waals surface area (Å²) in [4.78, 5) is 31.6. The molecule has 5 nitrogen and oxygen atoms in total. The largest absolute Gasteiger partial charge is 0.325 e. The quantitative estimate of drug-likeness (QED) is 0.330. The maximum absolute atomic E-state index is 13.3. The van der Waals surface area contributed by atoms with Crippen molar-refractivity contribution >= 4 is 56.2 Å². The average Bonchev–Trinajstić information content (AvgIpc) is 3.38. The molecule has 0 saturated heterocycles. The van der Waals surface area contributed by atoms with Crippen molar-refractivity contribution < 1.29 is 13.6 Å². The zero-order valence-corrected chi connectivity index (χ0v) is 18.3. The Kier molecular flexibility index (Phi) is 5.72. The first kappa shape index (κ1) is 20.7. The van der Waals surface area contributed by atoms with E-state index in [0.717, 1.165) is 34.3 Å². The Balaban J connectivity index is 1.59. The molecule has 0 aliphatic heterocycles. The summed E-state index contributed by atoms with van der Waals surface area (Å²) >= 11 is 4.06. The second kappa shape index (κ2) is 8.29. The van der Waals surface area contributed by atoms with E-state index in [1.807, 2.05) is 22.9 Å². The summed E-state index contributed by atoms with van der Waals surface area (Å²) < 4.78 is 27.8. The van der Waals surface area contributed by atoms with E-state index < -0.39 is 22.8 Å². The van der Waals surface area contributed by atoms with Gasteiger partial charge >= 0.3 is 0 Å². The molecular formula is C20H15F2N3O2S3. The Hall–Kier alpha value is -2.56. The lowest BCUT2D eigenvalue weighted by molar-refractivity contribution is -0.115. The van der Waals surface area contributed by atoms with Crippen molar-refractivity contribution in [1.29, 1.82) is 0 Å². The fourth-order valence-corrected chi connectivity index (χ4v) is 5.48. The highest BCUT2D eigenvalue weighted by atomic mass is 32.2. The minimum Gasteiger partial charge on any atom is -0.325 e. The molecular weight excluding hydrogens is 448 g/mol. The number of anilines is 1. The Morgan fingerprint density at radius 3 is 2.73 bits per heavy atom. The van der Waals surface area contributed by atoms with Gasteiger partial charge in [-0.05, 0) is 30.5 Å². The molecule has 10 heteroatoms. The molecule has 1 N–H and O–H groups in total. The second-order valence-corrected chi connectivity index (χ2v) is 9.56. The molecule has 0 spiro atoms. The molecule has 0 aliphatic rings. The Morgan fingerprint density at radius 1 is 1.23 bits per heavy atom. The van der Waals surface area contributed by atoms with Gasteiger partial charge < -0.3 is 5.32 Å². The molecule has 1 amide bonds. The van der Waals surface area contributed by atoms with Crippen molar-refractivity contribution in [3.8, 4) is 10.4 Å². The van der Waals surface area contributed by atoms with E-state index >= 15 is 0 Å². The van der Waals surface area contributed by atoms with E-state index in [4.69, 9.17) is 0 Å². The van der Waals surface area contributed by atoms with Gasteiger partial charge in [-0.3, -0.25) is 14.2 Å². The fourth-order valence-electron chi connectivity index (χ4n) is 2.80. The van der Waals surface area contributed by atoms with Gasteiger partial charge in [0.2, 0.25) is 5.91 Å². The fraction of sp³-hybridized carbons (Fsp3) is 0.150. The van der Waals surface area contributed by atoms with E-state index in [-0.39, 0.29) is 11.2 Å². The van der Waals surface area contributed by atoms with Crippen LogP contribution in [0.25, 0.3) is 20.7 Å². The highest BCUT2D eigenvalue weighted by Gasteiger charge is 2.21. The molecule has 3 aromatic heterocycles. The van der Waals surface area contributed by atoms with Gasteiger partial charge in [-0.1, -0.05) is 17.8 Å². The minimum absolute atomic E-state index is 0.155. The molecule has 154 valence electrons. The normalized spacial score (nSPS) is 12.3. The molecule has 3 heterocycles. The molecule has 0 aliphatic carbocycles. The number of rotatable bonds is 5. The maximum atomic E-state index is 13.3. The maximum Gasteiger partial charge on any atom is 0.263 e. The SMILES string of the molecule is CC(Sc1nc2scc(-c3cccs3)c2c(=O)n1C)C(=O)Nc1ccc(F)c(F)c1. The number of hydrogen-bond acceptors (Lipinski definition) is 6. The van der Waals surface area contributed by atoms with Crippen molar-refractivity contribution in [1.82, 2.24) is 9.55 Å². The number of halogens is 2. The summed E-state index contributed by atoms with van der Waals surface area (Å²) in [5.74, 6) is -2.44. The minimum atomic E-state index is -1.04. The Labute approximate surface area is 182 Å². The van der Waals surface area contributed by atoms with Crippen LogP contribution in [0.4, 0.5) is 14.5 Å². The van der Waals surface area contributed by atoms with E-state index in [1.54, 1.807) is 25.3 Å². The molecule has 1 aromatic carbocycles. The molecule has 1 unspecified atom stereocenters. The van der Waals surface area contributed by atoms with E-state index in [1.165, 1.54) is 22.0 Å². The zero-order chi connectivity index (χ0) is 21.4. The number of nitrogens with one attached hydrogen (secondary N) is 1. The Morgan fingerprint density at radius 2 is 2.03 bits per heavy atom. The summed E-state index contributed by atoms with van der Waals surface area (Å²) in [5, 5.41) is 6.76. The topological polar surface area (TPSA) is 64.0 Å². The van der Waals surface area contributed by atoms with Crippen LogP contribution in [0.2, 0.25) is 0 Å². The third-order valence-electron chi connectivity index (χ3n) is 4.40. The predicted octanol–water partition coefficient (Wildman–Crippen LogP) is 5.12. The lowest BCUT2D eigenvalue weighted by atomic mass is 10.2. The highest BCUT2D eigenvalue weighted by molar-refractivity contribution is 8.00. The molecule has 0 fully saturated rings. The molecule has 0 radical (unpaired) electrons. The lowest BCUT2D eigenvalue weighted by Crippen LogP contribution is -2.25. The van der Waals surface area contributed by atoms with E-state index in [2.05, 4.69) is 10.3 Å². The van der Waals surface area contributed by atoms with E-state index in [0.29, 0.717) is 15.4 Å². The summed E-state index contributed by atoms with van der Waals surface area (Å²) in [7, 11) is 1.62. The van der Waals surface area contributed by atoms with Crippen molar-refractivity contribution in [3.63, 3.8) is 0 Å². The van der Waals surface area contributed by atoms with Crippen LogP contribution in [0.5, 0.6) is 0 Å². The molecule has 1 atom stereocenters. The highest BCUT2D eigenvalue weighted by Crippen LogP contribution is 2.35. The van der Waals surface area contributed by atoms with Crippen molar-refractivity contribution in [2.45, 2.75) is 17.3 Å².